The first kappa shape index (κ1) is 9.33. The van der Waals surface area contributed by atoms with Gasteiger partial charge < -0.3 is 4.52 Å². The predicted octanol–water partition coefficient (Wildman–Crippen LogP) is 3.38. The first-order chi connectivity index (χ1) is 6.68. The van der Waals surface area contributed by atoms with E-state index in [1.807, 2.05) is 0 Å². The molecule has 72 valence electrons. The molecule has 0 saturated carbocycles. The number of hydrogen-bond acceptors (Lipinski definition) is 2. The van der Waals surface area contributed by atoms with E-state index >= 15 is 0 Å². The number of aromatic nitrogens is 1. The number of benzene rings is 1. The molecule has 2 aromatic rings. The van der Waals surface area contributed by atoms with Crippen molar-refractivity contribution in [3.05, 3.63) is 40.6 Å². The third kappa shape index (κ3) is 1.55. The first-order valence-electron chi connectivity index (χ1n) is 3.74. The summed E-state index contributed by atoms with van der Waals surface area (Å²) in [6.07, 6.45) is 1.34. The summed E-state index contributed by atoms with van der Waals surface area (Å²) < 4.78 is 30.6. The minimum absolute atomic E-state index is 0.176. The molecule has 1 heterocycles. The fourth-order valence-corrected chi connectivity index (χ4v) is 1.29. The van der Waals surface area contributed by atoms with Gasteiger partial charge in [-0.05, 0) is 28.1 Å². The fourth-order valence-electron chi connectivity index (χ4n) is 1.06. The van der Waals surface area contributed by atoms with Crippen LogP contribution in [0.4, 0.5) is 8.78 Å². The van der Waals surface area contributed by atoms with Gasteiger partial charge in [0.2, 0.25) is 0 Å². The molecule has 0 unspecified atom stereocenters. The molecule has 0 aliphatic rings. The molecular formula is C9H4BrF2NO. The Balaban J connectivity index is 2.57. The lowest BCUT2D eigenvalue weighted by Gasteiger charge is -1.99. The van der Waals surface area contributed by atoms with Crippen LogP contribution in [0, 0.1) is 11.6 Å². The smallest absolute Gasteiger partial charge is 0.141 e. The van der Waals surface area contributed by atoms with E-state index in [-0.39, 0.29) is 4.47 Å². The van der Waals surface area contributed by atoms with Crippen molar-refractivity contribution < 1.29 is 13.3 Å². The molecule has 0 N–H and O–H groups in total. The van der Waals surface area contributed by atoms with E-state index in [0.29, 0.717) is 11.3 Å². The summed E-state index contributed by atoms with van der Waals surface area (Å²) in [5.74, 6) is -1.33. The van der Waals surface area contributed by atoms with E-state index in [1.165, 1.54) is 24.5 Å². The van der Waals surface area contributed by atoms with E-state index in [2.05, 4.69) is 25.6 Å². The van der Waals surface area contributed by atoms with Crippen LogP contribution in [0.25, 0.3) is 11.3 Å². The molecule has 0 fully saturated rings. The van der Waals surface area contributed by atoms with Crippen LogP contribution >= 0.6 is 15.9 Å². The number of nitrogens with zero attached hydrogens (tertiary/aromatic N) is 1. The lowest BCUT2D eigenvalue weighted by atomic mass is 10.1. The van der Waals surface area contributed by atoms with E-state index in [4.69, 9.17) is 0 Å². The Kier molecular flexibility index (Phi) is 2.33. The third-order valence-corrected chi connectivity index (χ3v) is 2.47. The van der Waals surface area contributed by atoms with Crippen molar-refractivity contribution in [3.63, 3.8) is 0 Å². The van der Waals surface area contributed by atoms with Crippen LogP contribution in [0.1, 0.15) is 0 Å². The van der Waals surface area contributed by atoms with Gasteiger partial charge in [-0.25, -0.2) is 8.78 Å². The van der Waals surface area contributed by atoms with Crippen molar-refractivity contribution in [2.24, 2.45) is 0 Å². The monoisotopic (exact) mass is 259 g/mol. The zero-order valence-electron chi connectivity index (χ0n) is 6.80. The van der Waals surface area contributed by atoms with E-state index < -0.39 is 11.6 Å². The molecule has 0 atom stereocenters. The van der Waals surface area contributed by atoms with Crippen LogP contribution in [0.2, 0.25) is 0 Å². The highest BCUT2D eigenvalue weighted by Gasteiger charge is 2.10. The second-order valence-electron chi connectivity index (χ2n) is 2.64. The largest absolute Gasteiger partial charge is 0.364 e. The Morgan fingerprint density at radius 3 is 2.36 bits per heavy atom. The van der Waals surface area contributed by atoms with Crippen molar-refractivity contribution in [3.8, 4) is 11.3 Å². The van der Waals surface area contributed by atoms with Crippen molar-refractivity contribution >= 4 is 15.9 Å². The highest BCUT2D eigenvalue weighted by Crippen LogP contribution is 2.26. The Bertz CT molecular complexity index is 433. The van der Waals surface area contributed by atoms with Crippen molar-refractivity contribution in [1.82, 2.24) is 5.16 Å². The van der Waals surface area contributed by atoms with Crippen LogP contribution in [0.15, 0.2) is 33.5 Å². The highest BCUT2D eigenvalue weighted by molar-refractivity contribution is 9.10. The van der Waals surface area contributed by atoms with Gasteiger partial charge in [0.15, 0.2) is 0 Å². The Hall–Kier alpha value is -1.23. The molecule has 1 aromatic carbocycles. The maximum Gasteiger partial charge on any atom is 0.141 e. The minimum Gasteiger partial charge on any atom is -0.364 e. The van der Waals surface area contributed by atoms with Gasteiger partial charge in [0.1, 0.15) is 23.6 Å². The zero-order valence-corrected chi connectivity index (χ0v) is 8.38. The molecule has 1 aromatic heterocycles. The first-order valence-corrected chi connectivity index (χ1v) is 4.53. The molecule has 0 spiro atoms. The number of hydrogen-bond donors (Lipinski definition) is 0. The van der Waals surface area contributed by atoms with Crippen LogP contribution in [-0.4, -0.2) is 5.16 Å². The molecule has 0 aliphatic heterocycles. The minimum atomic E-state index is -0.664. The van der Waals surface area contributed by atoms with Gasteiger partial charge in [0.25, 0.3) is 0 Å². The van der Waals surface area contributed by atoms with Crippen molar-refractivity contribution in [1.29, 1.82) is 0 Å². The van der Waals surface area contributed by atoms with E-state index in [9.17, 15) is 8.78 Å². The Morgan fingerprint density at radius 2 is 1.86 bits per heavy atom. The maximum atomic E-state index is 13.1. The van der Waals surface area contributed by atoms with E-state index in [1.54, 1.807) is 0 Å². The summed E-state index contributed by atoms with van der Waals surface area (Å²) in [5, 5.41) is 3.57. The molecule has 0 amide bonds. The van der Waals surface area contributed by atoms with Gasteiger partial charge in [-0.2, -0.15) is 0 Å². The molecule has 0 radical (unpaired) electrons. The summed E-state index contributed by atoms with van der Waals surface area (Å²) in [7, 11) is 0. The fraction of sp³-hybridized carbons (Fsp3) is 0. The normalized spacial score (nSPS) is 10.5. The second-order valence-corrected chi connectivity index (χ2v) is 3.43. The van der Waals surface area contributed by atoms with Gasteiger partial charge in [-0.15, -0.1) is 0 Å². The summed E-state index contributed by atoms with van der Waals surface area (Å²) in [6, 6.07) is 3.90. The quantitative estimate of drug-likeness (QED) is 0.734. The molecule has 0 bridgehead atoms. The molecule has 2 rings (SSSR count). The standard InChI is InChI=1S/C9H4BrF2NO/c10-9-6(11)3-5(4-7(9)12)8-1-2-14-13-8/h1-4H. The lowest BCUT2D eigenvalue weighted by Crippen LogP contribution is -1.87. The molecule has 2 nitrogen and oxygen atoms in total. The van der Waals surface area contributed by atoms with Gasteiger partial charge in [-0.3, -0.25) is 0 Å². The number of halogens is 3. The summed E-state index contributed by atoms with van der Waals surface area (Å²) in [4.78, 5) is 0. The molecule has 0 saturated heterocycles. The highest BCUT2D eigenvalue weighted by atomic mass is 79.9. The van der Waals surface area contributed by atoms with Gasteiger partial charge >= 0.3 is 0 Å². The SMILES string of the molecule is Fc1cc(-c2ccon2)cc(F)c1Br. The number of rotatable bonds is 1. The van der Waals surface area contributed by atoms with Gasteiger partial charge in [0.05, 0.1) is 4.47 Å². The maximum absolute atomic E-state index is 13.1. The van der Waals surface area contributed by atoms with Crippen LogP contribution in [0.3, 0.4) is 0 Å². The van der Waals surface area contributed by atoms with Gasteiger partial charge in [-0.1, -0.05) is 5.16 Å². The zero-order chi connectivity index (χ0) is 10.1. The average Bonchev–Trinajstić information content (AvgIpc) is 2.66. The van der Waals surface area contributed by atoms with Crippen molar-refractivity contribution in [2.45, 2.75) is 0 Å². The second kappa shape index (κ2) is 3.49. The molecular weight excluding hydrogens is 256 g/mol. The Morgan fingerprint density at radius 1 is 1.21 bits per heavy atom. The van der Waals surface area contributed by atoms with Crippen LogP contribution in [0.5, 0.6) is 0 Å². The molecule has 14 heavy (non-hydrogen) atoms. The van der Waals surface area contributed by atoms with E-state index in [0.717, 1.165) is 0 Å². The predicted molar refractivity (Wildman–Crippen MR) is 49.6 cm³/mol. The van der Waals surface area contributed by atoms with Crippen LogP contribution in [-0.2, 0) is 0 Å². The third-order valence-electron chi connectivity index (χ3n) is 1.72. The summed E-state index contributed by atoms with van der Waals surface area (Å²) in [6.45, 7) is 0. The van der Waals surface area contributed by atoms with Gasteiger partial charge in [0, 0.05) is 11.6 Å². The summed E-state index contributed by atoms with van der Waals surface area (Å²) in [5.41, 5.74) is 0.743. The van der Waals surface area contributed by atoms with Crippen LogP contribution < -0.4 is 0 Å². The average molecular weight is 260 g/mol. The lowest BCUT2D eigenvalue weighted by molar-refractivity contribution is 0.422. The topological polar surface area (TPSA) is 26.0 Å². The van der Waals surface area contributed by atoms with Crippen molar-refractivity contribution in [2.75, 3.05) is 0 Å². The molecule has 5 heteroatoms. The summed E-state index contributed by atoms with van der Waals surface area (Å²) >= 11 is 2.78. The Labute approximate surface area is 86.7 Å². The molecule has 0 aliphatic carbocycles.